The molecule has 0 saturated carbocycles. The highest BCUT2D eigenvalue weighted by Crippen LogP contribution is 2.25. The maximum absolute atomic E-state index is 4.41. The van der Waals surface area contributed by atoms with Crippen LogP contribution in [0.15, 0.2) is 30.6 Å². The summed E-state index contributed by atoms with van der Waals surface area (Å²) in [5.74, 6) is 0. The Morgan fingerprint density at radius 1 is 1.25 bits per heavy atom. The maximum Gasteiger partial charge on any atom is 0.0610 e. The fourth-order valence-electron chi connectivity index (χ4n) is 2.55. The van der Waals surface area contributed by atoms with Gasteiger partial charge in [-0.15, -0.1) is 0 Å². The average Bonchev–Trinajstić information content (AvgIpc) is 2.90. The molecule has 1 unspecified atom stereocenters. The molecule has 1 aromatic heterocycles. The summed E-state index contributed by atoms with van der Waals surface area (Å²) < 4.78 is 1.99. The van der Waals surface area contributed by atoms with Gasteiger partial charge >= 0.3 is 0 Å². The number of nitrogens with one attached hydrogen (secondary N) is 1. The van der Waals surface area contributed by atoms with Gasteiger partial charge in [-0.2, -0.15) is 5.10 Å². The van der Waals surface area contributed by atoms with E-state index in [-0.39, 0.29) is 6.04 Å². The average molecular weight is 271 g/mol. The molecule has 0 fully saturated rings. The minimum atomic E-state index is 0.232. The Morgan fingerprint density at radius 3 is 2.65 bits per heavy atom. The van der Waals surface area contributed by atoms with Crippen LogP contribution in [0.1, 0.15) is 48.6 Å². The molecule has 108 valence electrons. The van der Waals surface area contributed by atoms with Crippen molar-refractivity contribution in [2.24, 2.45) is 0 Å². The van der Waals surface area contributed by atoms with Crippen LogP contribution in [0, 0.1) is 13.8 Å². The Balaban J connectivity index is 2.35. The molecule has 1 atom stereocenters. The van der Waals surface area contributed by atoms with Gasteiger partial charge in [-0.05, 0) is 44.9 Å². The first-order valence-electron chi connectivity index (χ1n) is 7.48. The third-order valence-electron chi connectivity index (χ3n) is 3.65. The highest BCUT2D eigenvalue weighted by Gasteiger charge is 2.17. The van der Waals surface area contributed by atoms with Gasteiger partial charge in [0.25, 0.3) is 0 Å². The molecule has 3 nitrogen and oxygen atoms in total. The summed E-state index contributed by atoms with van der Waals surface area (Å²) in [5, 5.41) is 8.06. The van der Waals surface area contributed by atoms with Gasteiger partial charge in [0.05, 0.1) is 12.2 Å². The molecule has 2 rings (SSSR count). The first-order valence-corrected chi connectivity index (χ1v) is 7.48. The van der Waals surface area contributed by atoms with E-state index in [9.17, 15) is 0 Å². The fraction of sp³-hybridized carbons (Fsp3) is 0.471. The van der Waals surface area contributed by atoms with Gasteiger partial charge in [0.1, 0.15) is 0 Å². The monoisotopic (exact) mass is 271 g/mol. The van der Waals surface area contributed by atoms with E-state index in [0.717, 1.165) is 19.5 Å². The van der Waals surface area contributed by atoms with Crippen molar-refractivity contribution in [2.45, 2.75) is 46.7 Å². The lowest BCUT2D eigenvalue weighted by Gasteiger charge is -2.20. The number of hydrogen-bond donors (Lipinski definition) is 1. The second kappa shape index (κ2) is 6.71. The van der Waals surface area contributed by atoms with Crippen molar-refractivity contribution in [3.8, 4) is 0 Å². The topological polar surface area (TPSA) is 29.9 Å². The molecule has 0 aliphatic heterocycles. The second-order valence-electron chi connectivity index (χ2n) is 5.38. The van der Waals surface area contributed by atoms with Gasteiger partial charge < -0.3 is 5.32 Å². The van der Waals surface area contributed by atoms with Crippen LogP contribution < -0.4 is 5.32 Å². The van der Waals surface area contributed by atoms with Gasteiger partial charge in [0.15, 0.2) is 0 Å². The van der Waals surface area contributed by atoms with Crippen LogP contribution in [0.25, 0.3) is 0 Å². The van der Waals surface area contributed by atoms with Crippen LogP contribution in [0.3, 0.4) is 0 Å². The smallest absolute Gasteiger partial charge is 0.0610 e. The van der Waals surface area contributed by atoms with Crippen LogP contribution >= 0.6 is 0 Å². The third kappa shape index (κ3) is 3.28. The molecule has 0 amide bonds. The Morgan fingerprint density at radius 2 is 2.05 bits per heavy atom. The van der Waals surface area contributed by atoms with E-state index in [0.29, 0.717) is 0 Å². The summed E-state index contributed by atoms with van der Waals surface area (Å²) in [6.07, 6.45) is 5.26. The number of aromatic nitrogens is 2. The van der Waals surface area contributed by atoms with Crippen molar-refractivity contribution in [1.29, 1.82) is 0 Å². The number of hydrogen-bond acceptors (Lipinski definition) is 2. The highest BCUT2D eigenvalue weighted by atomic mass is 15.3. The molecule has 1 N–H and O–H groups in total. The van der Waals surface area contributed by atoms with Gasteiger partial charge in [0.2, 0.25) is 0 Å². The molecular formula is C17H25N3. The lowest BCUT2D eigenvalue weighted by molar-refractivity contribution is 0.594. The van der Waals surface area contributed by atoms with Crippen molar-refractivity contribution in [2.75, 3.05) is 6.54 Å². The van der Waals surface area contributed by atoms with E-state index in [1.54, 1.807) is 0 Å². The van der Waals surface area contributed by atoms with Gasteiger partial charge in [-0.3, -0.25) is 4.68 Å². The quantitative estimate of drug-likeness (QED) is 0.870. The van der Waals surface area contributed by atoms with Gasteiger partial charge in [0, 0.05) is 18.3 Å². The van der Waals surface area contributed by atoms with Crippen molar-refractivity contribution in [3.63, 3.8) is 0 Å². The van der Waals surface area contributed by atoms with E-state index in [2.05, 4.69) is 62.5 Å². The predicted molar refractivity (Wildman–Crippen MR) is 84.0 cm³/mol. The Labute approximate surface area is 122 Å². The first-order chi connectivity index (χ1) is 9.65. The normalized spacial score (nSPS) is 12.6. The van der Waals surface area contributed by atoms with Crippen LogP contribution in [0.5, 0.6) is 0 Å². The molecule has 1 aromatic carbocycles. The zero-order valence-electron chi connectivity index (χ0n) is 13.0. The summed E-state index contributed by atoms with van der Waals surface area (Å²) in [6, 6.07) is 6.91. The summed E-state index contributed by atoms with van der Waals surface area (Å²) in [4.78, 5) is 0. The first kappa shape index (κ1) is 14.8. The largest absolute Gasteiger partial charge is 0.306 e. The molecule has 2 aromatic rings. The molecule has 0 radical (unpaired) electrons. The number of benzene rings is 1. The zero-order valence-corrected chi connectivity index (χ0v) is 13.0. The summed E-state index contributed by atoms with van der Waals surface area (Å²) in [5.41, 5.74) is 5.24. The van der Waals surface area contributed by atoms with Crippen molar-refractivity contribution in [3.05, 3.63) is 52.8 Å². The van der Waals surface area contributed by atoms with E-state index in [1.165, 1.54) is 22.3 Å². The van der Waals surface area contributed by atoms with E-state index in [4.69, 9.17) is 0 Å². The van der Waals surface area contributed by atoms with E-state index < -0.39 is 0 Å². The highest BCUT2D eigenvalue weighted by molar-refractivity contribution is 5.37. The lowest BCUT2D eigenvalue weighted by atomic mass is 9.95. The van der Waals surface area contributed by atoms with Crippen molar-refractivity contribution >= 4 is 0 Å². The Hall–Kier alpha value is -1.61. The number of rotatable bonds is 6. The van der Waals surface area contributed by atoms with Crippen LogP contribution in [0.4, 0.5) is 0 Å². The fourth-order valence-corrected chi connectivity index (χ4v) is 2.55. The predicted octanol–water partition coefficient (Wildman–Crippen LogP) is 3.61. The molecule has 0 spiro atoms. The van der Waals surface area contributed by atoms with E-state index in [1.807, 2.05) is 10.9 Å². The standard InChI is InChI=1S/C17H25N3/c1-5-9-18-17(15-11-19-20(6-2)12-15)16-8-7-13(3)10-14(16)4/h7-8,10-12,17-18H,5-6,9H2,1-4H3. The maximum atomic E-state index is 4.41. The molecular weight excluding hydrogens is 246 g/mol. The van der Waals surface area contributed by atoms with Crippen LogP contribution in [0.2, 0.25) is 0 Å². The molecule has 0 saturated heterocycles. The number of nitrogens with zero attached hydrogens (tertiary/aromatic N) is 2. The van der Waals surface area contributed by atoms with Gasteiger partial charge in [-0.1, -0.05) is 30.7 Å². The molecule has 1 heterocycles. The molecule has 0 aliphatic rings. The molecule has 0 bridgehead atoms. The van der Waals surface area contributed by atoms with Crippen LogP contribution in [-0.2, 0) is 6.54 Å². The minimum Gasteiger partial charge on any atom is -0.306 e. The van der Waals surface area contributed by atoms with Crippen LogP contribution in [-0.4, -0.2) is 16.3 Å². The second-order valence-corrected chi connectivity index (χ2v) is 5.38. The SMILES string of the molecule is CCCNC(c1cnn(CC)c1)c1ccc(C)cc1C. The Kier molecular flexibility index (Phi) is 4.96. The Bertz CT molecular complexity index is 557. The third-order valence-corrected chi connectivity index (χ3v) is 3.65. The summed E-state index contributed by atoms with van der Waals surface area (Å²) >= 11 is 0. The zero-order chi connectivity index (χ0) is 14.5. The molecule has 0 aliphatic carbocycles. The van der Waals surface area contributed by atoms with Crippen molar-refractivity contribution in [1.82, 2.24) is 15.1 Å². The number of aryl methyl sites for hydroxylation is 3. The minimum absolute atomic E-state index is 0.232. The molecule has 3 heteroatoms. The lowest BCUT2D eigenvalue weighted by Crippen LogP contribution is -2.23. The summed E-state index contributed by atoms with van der Waals surface area (Å²) in [6.45, 7) is 10.6. The van der Waals surface area contributed by atoms with Crippen molar-refractivity contribution < 1.29 is 0 Å². The summed E-state index contributed by atoms with van der Waals surface area (Å²) in [7, 11) is 0. The van der Waals surface area contributed by atoms with Gasteiger partial charge in [-0.25, -0.2) is 0 Å². The van der Waals surface area contributed by atoms with E-state index >= 15 is 0 Å². The molecule has 20 heavy (non-hydrogen) atoms.